The van der Waals surface area contributed by atoms with E-state index in [4.69, 9.17) is 5.11 Å². The molecule has 1 heterocycles. The monoisotopic (exact) mass is 271 g/mol. The number of aliphatic hydroxyl groups is 1. The normalized spacial score (nSPS) is 17.5. The second kappa shape index (κ2) is 4.06. The Morgan fingerprint density at radius 1 is 1.53 bits per heavy atom. The standard InChI is InChI=1S/C10H14BrN3O/c1-7-13-8(11)4-9(14-7)12-5-10(6-15)2-3-10/h4,15H,2-3,5-6H2,1H3,(H,12,13,14). The second-order valence-corrected chi connectivity index (χ2v) is 4.95. The number of hydrogen-bond acceptors (Lipinski definition) is 4. The van der Waals surface area contributed by atoms with Gasteiger partial charge in [0, 0.05) is 18.0 Å². The summed E-state index contributed by atoms with van der Waals surface area (Å²) in [5.41, 5.74) is 0.103. The molecule has 5 heteroatoms. The fraction of sp³-hybridized carbons (Fsp3) is 0.600. The molecule has 1 fully saturated rings. The van der Waals surface area contributed by atoms with Gasteiger partial charge < -0.3 is 10.4 Å². The van der Waals surface area contributed by atoms with E-state index in [0.717, 1.165) is 35.6 Å². The van der Waals surface area contributed by atoms with Crippen molar-refractivity contribution in [1.29, 1.82) is 0 Å². The van der Waals surface area contributed by atoms with Gasteiger partial charge in [0.25, 0.3) is 0 Å². The van der Waals surface area contributed by atoms with E-state index in [1.54, 1.807) is 0 Å². The maximum absolute atomic E-state index is 9.16. The first-order valence-corrected chi connectivity index (χ1v) is 5.79. The van der Waals surface area contributed by atoms with E-state index >= 15 is 0 Å². The molecule has 0 radical (unpaired) electrons. The quantitative estimate of drug-likeness (QED) is 0.819. The van der Waals surface area contributed by atoms with E-state index in [1.165, 1.54) is 0 Å². The molecule has 1 saturated carbocycles. The van der Waals surface area contributed by atoms with Gasteiger partial charge in [0.05, 0.1) is 6.61 Å². The van der Waals surface area contributed by atoms with Crippen molar-refractivity contribution in [1.82, 2.24) is 9.97 Å². The zero-order valence-electron chi connectivity index (χ0n) is 8.63. The fourth-order valence-corrected chi connectivity index (χ4v) is 1.94. The number of nitrogens with one attached hydrogen (secondary N) is 1. The van der Waals surface area contributed by atoms with Gasteiger partial charge in [-0.05, 0) is 35.7 Å². The van der Waals surface area contributed by atoms with Crippen LogP contribution in [-0.2, 0) is 0 Å². The molecule has 0 amide bonds. The Morgan fingerprint density at radius 3 is 2.80 bits per heavy atom. The smallest absolute Gasteiger partial charge is 0.130 e. The highest BCUT2D eigenvalue weighted by Gasteiger charge is 2.41. The van der Waals surface area contributed by atoms with Crippen molar-refractivity contribution >= 4 is 21.7 Å². The number of aryl methyl sites for hydroxylation is 1. The predicted octanol–water partition coefficient (Wildman–Crippen LogP) is 1.73. The lowest BCUT2D eigenvalue weighted by Crippen LogP contribution is -2.19. The van der Waals surface area contributed by atoms with Crippen molar-refractivity contribution in [2.24, 2.45) is 5.41 Å². The lowest BCUT2D eigenvalue weighted by Gasteiger charge is -2.13. The van der Waals surface area contributed by atoms with E-state index < -0.39 is 0 Å². The molecule has 0 aliphatic heterocycles. The van der Waals surface area contributed by atoms with Crippen molar-refractivity contribution in [3.8, 4) is 0 Å². The summed E-state index contributed by atoms with van der Waals surface area (Å²) in [6, 6.07) is 1.85. The van der Waals surface area contributed by atoms with E-state index in [0.29, 0.717) is 0 Å². The Bertz CT molecular complexity index is 345. The van der Waals surface area contributed by atoms with Crippen molar-refractivity contribution < 1.29 is 5.11 Å². The van der Waals surface area contributed by atoms with Crippen LogP contribution in [0.4, 0.5) is 5.82 Å². The summed E-state index contributed by atoms with van der Waals surface area (Å²) in [6.45, 7) is 2.90. The first-order chi connectivity index (χ1) is 7.13. The third-order valence-electron chi connectivity index (χ3n) is 2.74. The Labute approximate surface area is 97.3 Å². The van der Waals surface area contributed by atoms with Crippen LogP contribution in [0.3, 0.4) is 0 Å². The van der Waals surface area contributed by atoms with Crippen LogP contribution in [0.15, 0.2) is 10.7 Å². The van der Waals surface area contributed by atoms with Crippen molar-refractivity contribution in [2.45, 2.75) is 19.8 Å². The minimum atomic E-state index is 0.103. The summed E-state index contributed by atoms with van der Waals surface area (Å²) in [4.78, 5) is 8.40. The van der Waals surface area contributed by atoms with Crippen LogP contribution in [0.2, 0.25) is 0 Å². The van der Waals surface area contributed by atoms with Gasteiger partial charge >= 0.3 is 0 Å². The number of anilines is 1. The van der Waals surface area contributed by atoms with Crippen molar-refractivity contribution in [3.05, 3.63) is 16.5 Å². The van der Waals surface area contributed by atoms with E-state index in [-0.39, 0.29) is 12.0 Å². The minimum absolute atomic E-state index is 0.103. The Kier molecular flexibility index (Phi) is 2.93. The molecule has 2 N–H and O–H groups in total. The Hall–Kier alpha value is -0.680. The maximum Gasteiger partial charge on any atom is 0.130 e. The number of nitrogens with zero attached hydrogens (tertiary/aromatic N) is 2. The van der Waals surface area contributed by atoms with Gasteiger partial charge in [0.1, 0.15) is 16.2 Å². The third-order valence-corrected chi connectivity index (χ3v) is 3.15. The van der Waals surface area contributed by atoms with Crippen LogP contribution in [0.25, 0.3) is 0 Å². The molecule has 0 atom stereocenters. The molecule has 1 aliphatic carbocycles. The highest BCUT2D eigenvalue weighted by atomic mass is 79.9. The van der Waals surface area contributed by atoms with Gasteiger partial charge in [-0.15, -0.1) is 0 Å². The molecule has 0 aromatic carbocycles. The van der Waals surface area contributed by atoms with Crippen LogP contribution in [0, 0.1) is 12.3 Å². The summed E-state index contributed by atoms with van der Waals surface area (Å²) >= 11 is 3.33. The van der Waals surface area contributed by atoms with Gasteiger partial charge in [-0.2, -0.15) is 0 Å². The Morgan fingerprint density at radius 2 is 2.27 bits per heavy atom. The van der Waals surface area contributed by atoms with Gasteiger partial charge in [-0.3, -0.25) is 0 Å². The highest BCUT2D eigenvalue weighted by molar-refractivity contribution is 9.10. The molecule has 1 aliphatic rings. The van der Waals surface area contributed by atoms with Crippen LogP contribution in [0.5, 0.6) is 0 Å². The Balaban J connectivity index is 1.99. The van der Waals surface area contributed by atoms with E-state index in [9.17, 15) is 0 Å². The van der Waals surface area contributed by atoms with Crippen LogP contribution >= 0.6 is 15.9 Å². The average molecular weight is 272 g/mol. The van der Waals surface area contributed by atoms with E-state index in [1.807, 2.05) is 13.0 Å². The van der Waals surface area contributed by atoms with Crippen molar-refractivity contribution in [2.75, 3.05) is 18.5 Å². The second-order valence-electron chi connectivity index (χ2n) is 4.13. The molecule has 82 valence electrons. The zero-order chi connectivity index (χ0) is 10.9. The summed E-state index contributed by atoms with van der Waals surface area (Å²) < 4.78 is 0.784. The molecule has 0 spiro atoms. The third kappa shape index (κ3) is 2.66. The summed E-state index contributed by atoms with van der Waals surface area (Å²) in [5, 5.41) is 12.4. The van der Waals surface area contributed by atoms with E-state index in [2.05, 4.69) is 31.2 Å². The number of aromatic nitrogens is 2. The topological polar surface area (TPSA) is 58.0 Å². The molecule has 0 unspecified atom stereocenters. The van der Waals surface area contributed by atoms with Gasteiger partial charge in [0.2, 0.25) is 0 Å². The van der Waals surface area contributed by atoms with Gasteiger partial charge in [-0.25, -0.2) is 9.97 Å². The molecular weight excluding hydrogens is 258 g/mol. The van der Waals surface area contributed by atoms with Crippen molar-refractivity contribution in [3.63, 3.8) is 0 Å². The molecule has 0 saturated heterocycles. The molecule has 2 rings (SSSR count). The first kappa shape index (κ1) is 10.8. The first-order valence-electron chi connectivity index (χ1n) is 4.99. The largest absolute Gasteiger partial charge is 0.396 e. The minimum Gasteiger partial charge on any atom is -0.396 e. The van der Waals surface area contributed by atoms with Crippen LogP contribution < -0.4 is 5.32 Å². The fourth-order valence-electron chi connectivity index (χ4n) is 1.47. The number of aliphatic hydroxyl groups excluding tert-OH is 1. The highest BCUT2D eigenvalue weighted by Crippen LogP contribution is 2.44. The summed E-state index contributed by atoms with van der Waals surface area (Å²) in [6.07, 6.45) is 2.20. The summed E-state index contributed by atoms with van der Waals surface area (Å²) in [5.74, 6) is 1.55. The number of hydrogen-bond donors (Lipinski definition) is 2. The SMILES string of the molecule is Cc1nc(Br)cc(NCC2(CO)CC2)n1. The average Bonchev–Trinajstić information content (AvgIpc) is 2.94. The molecule has 1 aromatic rings. The lowest BCUT2D eigenvalue weighted by molar-refractivity contribution is 0.219. The molecule has 15 heavy (non-hydrogen) atoms. The zero-order valence-corrected chi connectivity index (χ0v) is 10.2. The van der Waals surface area contributed by atoms with Crippen LogP contribution in [-0.4, -0.2) is 28.2 Å². The van der Waals surface area contributed by atoms with Crippen LogP contribution in [0.1, 0.15) is 18.7 Å². The number of rotatable bonds is 4. The molecule has 1 aromatic heterocycles. The van der Waals surface area contributed by atoms with Gasteiger partial charge in [0.15, 0.2) is 0 Å². The molecular formula is C10H14BrN3O. The molecule has 4 nitrogen and oxygen atoms in total. The lowest BCUT2D eigenvalue weighted by atomic mass is 10.1. The predicted molar refractivity (Wildman–Crippen MR) is 61.7 cm³/mol. The maximum atomic E-state index is 9.16. The number of halogens is 1. The summed E-state index contributed by atoms with van der Waals surface area (Å²) in [7, 11) is 0. The molecule has 0 bridgehead atoms. The van der Waals surface area contributed by atoms with Gasteiger partial charge in [-0.1, -0.05) is 0 Å².